The summed E-state index contributed by atoms with van der Waals surface area (Å²) in [6, 6.07) is 6.01. The highest BCUT2D eigenvalue weighted by Gasteiger charge is 2.13. The average Bonchev–Trinajstić information content (AvgIpc) is 2.29. The highest BCUT2D eigenvalue weighted by molar-refractivity contribution is 5.92. The topological polar surface area (TPSA) is 41.1 Å². The van der Waals surface area contributed by atoms with Gasteiger partial charge in [0.05, 0.1) is 0 Å². The van der Waals surface area contributed by atoms with E-state index in [0.29, 0.717) is 6.42 Å². The molecule has 0 unspecified atom stereocenters. The molecule has 1 aromatic carbocycles. The monoisotopic (exact) mass is 204 g/mol. The van der Waals surface area contributed by atoms with Crippen molar-refractivity contribution in [2.75, 3.05) is 17.2 Å². The largest absolute Gasteiger partial charge is 0.385 e. The van der Waals surface area contributed by atoms with Gasteiger partial charge in [-0.2, -0.15) is 0 Å². The van der Waals surface area contributed by atoms with Crippen LogP contribution in [0.5, 0.6) is 0 Å². The summed E-state index contributed by atoms with van der Waals surface area (Å²) in [6.07, 6.45) is 2.70. The molecule has 1 aliphatic heterocycles. The van der Waals surface area contributed by atoms with Crippen LogP contribution in [0.2, 0.25) is 0 Å². The Labute approximate surface area is 89.9 Å². The predicted octanol–water partition coefficient (Wildman–Crippen LogP) is 2.39. The quantitative estimate of drug-likeness (QED) is 0.776. The molecule has 0 spiro atoms. The predicted molar refractivity (Wildman–Crippen MR) is 62.2 cm³/mol. The normalized spacial score (nSPS) is 13.9. The van der Waals surface area contributed by atoms with Crippen LogP contribution in [0.15, 0.2) is 18.2 Å². The van der Waals surface area contributed by atoms with Crippen molar-refractivity contribution in [3.05, 3.63) is 23.8 Å². The van der Waals surface area contributed by atoms with Gasteiger partial charge in [-0.05, 0) is 30.5 Å². The molecule has 1 aromatic rings. The Morgan fingerprint density at radius 1 is 1.53 bits per heavy atom. The Bertz CT molecular complexity index is 374. The number of fused-ring (bicyclic) bond motifs is 1. The minimum absolute atomic E-state index is 0.0778. The number of anilines is 2. The third-order valence-corrected chi connectivity index (χ3v) is 2.69. The molecule has 0 aromatic heterocycles. The summed E-state index contributed by atoms with van der Waals surface area (Å²) in [6.45, 7) is 2.89. The maximum atomic E-state index is 11.3. The average molecular weight is 204 g/mol. The standard InChI is InChI=1S/C12H16N2O/c1-2-12(15)14-11-7-3-6-10-9(11)5-4-8-13-10/h3,6-7,13H,2,4-5,8H2,1H3,(H,14,15). The number of nitrogens with one attached hydrogen (secondary N) is 2. The number of carbonyl (C=O) groups is 1. The molecule has 1 amide bonds. The maximum Gasteiger partial charge on any atom is 0.224 e. The molecule has 0 saturated carbocycles. The summed E-state index contributed by atoms with van der Waals surface area (Å²) in [7, 11) is 0. The van der Waals surface area contributed by atoms with Gasteiger partial charge in [-0.3, -0.25) is 4.79 Å². The smallest absolute Gasteiger partial charge is 0.224 e. The highest BCUT2D eigenvalue weighted by atomic mass is 16.1. The maximum absolute atomic E-state index is 11.3. The van der Waals surface area contributed by atoms with Crippen LogP contribution in [0.3, 0.4) is 0 Å². The Balaban J connectivity index is 2.27. The van der Waals surface area contributed by atoms with E-state index in [-0.39, 0.29) is 5.91 Å². The number of amides is 1. The lowest BCUT2D eigenvalue weighted by molar-refractivity contribution is -0.115. The van der Waals surface area contributed by atoms with Crippen LogP contribution < -0.4 is 10.6 Å². The molecule has 1 heterocycles. The first kappa shape index (κ1) is 10.0. The number of carbonyl (C=O) groups excluding carboxylic acids is 1. The van der Waals surface area contributed by atoms with Crippen LogP contribution in [-0.4, -0.2) is 12.5 Å². The number of benzene rings is 1. The summed E-state index contributed by atoms with van der Waals surface area (Å²) < 4.78 is 0. The van der Waals surface area contributed by atoms with Gasteiger partial charge in [-0.25, -0.2) is 0 Å². The Hall–Kier alpha value is -1.51. The summed E-state index contributed by atoms with van der Waals surface area (Å²) in [5, 5.41) is 6.28. The van der Waals surface area contributed by atoms with Crippen LogP contribution in [0.25, 0.3) is 0 Å². The van der Waals surface area contributed by atoms with Gasteiger partial charge >= 0.3 is 0 Å². The molecule has 0 saturated heterocycles. The zero-order valence-corrected chi connectivity index (χ0v) is 8.97. The van der Waals surface area contributed by atoms with E-state index in [1.807, 2.05) is 19.1 Å². The van der Waals surface area contributed by atoms with Crippen molar-refractivity contribution in [3.63, 3.8) is 0 Å². The first-order chi connectivity index (χ1) is 7.31. The molecule has 3 heteroatoms. The first-order valence-electron chi connectivity index (χ1n) is 5.47. The van der Waals surface area contributed by atoms with Gasteiger partial charge in [0.1, 0.15) is 0 Å². The summed E-state index contributed by atoms with van der Waals surface area (Å²) in [5.74, 6) is 0.0778. The van der Waals surface area contributed by atoms with Gasteiger partial charge in [0, 0.05) is 24.3 Å². The van der Waals surface area contributed by atoms with Crippen LogP contribution in [0, 0.1) is 0 Å². The number of hydrogen-bond acceptors (Lipinski definition) is 2. The van der Waals surface area contributed by atoms with Gasteiger partial charge in [-0.15, -0.1) is 0 Å². The molecule has 0 radical (unpaired) electrons. The summed E-state index contributed by atoms with van der Waals surface area (Å²) >= 11 is 0. The van der Waals surface area contributed by atoms with Gasteiger partial charge in [-0.1, -0.05) is 13.0 Å². The number of hydrogen-bond donors (Lipinski definition) is 2. The Morgan fingerprint density at radius 3 is 3.20 bits per heavy atom. The zero-order valence-electron chi connectivity index (χ0n) is 8.97. The molecule has 0 fully saturated rings. The second-order valence-electron chi connectivity index (χ2n) is 3.76. The van der Waals surface area contributed by atoms with E-state index < -0.39 is 0 Å². The van der Waals surface area contributed by atoms with E-state index in [9.17, 15) is 4.79 Å². The van der Waals surface area contributed by atoms with E-state index in [4.69, 9.17) is 0 Å². The summed E-state index contributed by atoms with van der Waals surface area (Å²) in [5.41, 5.74) is 3.37. The third kappa shape index (κ3) is 2.12. The van der Waals surface area contributed by atoms with E-state index in [2.05, 4.69) is 16.7 Å². The van der Waals surface area contributed by atoms with E-state index >= 15 is 0 Å². The molecule has 80 valence electrons. The molecular weight excluding hydrogens is 188 g/mol. The van der Waals surface area contributed by atoms with Crippen molar-refractivity contribution in [2.24, 2.45) is 0 Å². The van der Waals surface area contributed by atoms with Crippen molar-refractivity contribution in [1.29, 1.82) is 0 Å². The second-order valence-corrected chi connectivity index (χ2v) is 3.76. The van der Waals surface area contributed by atoms with Crippen LogP contribution in [0.4, 0.5) is 11.4 Å². The van der Waals surface area contributed by atoms with E-state index in [1.165, 1.54) is 5.56 Å². The summed E-state index contributed by atoms with van der Waals surface area (Å²) in [4.78, 5) is 11.3. The van der Waals surface area contributed by atoms with Gasteiger partial charge < -0.3 is 10.6 Å². The minimum atomic E-state index is 0.0778. The van der Waals surface area contributed by atoms with Crippen LogP contribution in [0.1, 0.15) is 25.3 Å². The van der Waals surface area contributed by atoms with Crippen LogP contribution in [-0.2, 0) is 11.2 Å². The van der Waals surface area contributed by atoms with Crippen molar-refractivity contribution in [3.8, 4) is 0 Å². The fraction of sp³-hybridized carbons (Fsp3) is 0.417. The molecule has 3 nitrogen and oxygen atoms in total. The molecule has 1 aliphatic rings. The molecule has 0 bridgehead atoms. The molecule has 0 atom stereocenters. The lowest BCUT2D eigenvalue weighted by Crippen LogP contribution is -2.16. The van der Waals surface area contributed by atoms with E-state index in [0.717, 1.165) is 30.8 Å². The van der Waals surface area contributed by atoms with Gasteiger partial charge in [0.25, 0.3) is 0 Å². The molecule has 0 aliphatic carbocycles. The fourth-order valence-corrected chi connectivity index (χ4v) is 1.87. The second kappa shape index (κ2) is 4.34. The Kier molecular flexibility index (Phi) is 2.90. The third-order valence-electron chi connectivity index (χ3n) is 2.69. The van der Waals surface area contributed by atoms with Crippen molar-refractivity contribution in [2.45, 2.75) is 26.2 Å². The lowest BCUT2D eigenvalue weighted by atomic mass is 10.0. The van der Waals surface area contributed by atoms with Crippen LogP contribution >= 0.6 is 0 Å². The van der Waals surface area contributed by atoms with Crippen molar-refractivity contribution >= 4 is 17.3 Å². The molecular formula is C12H16N2O. The van der Waals surface area contributed by atoms with Crippen molar-refractivity contribution < 1.29 is 4.79 Å². The SMILES string of the molecule is CCC(=O)Nc1cccc2c1CCCN2. The molecule has 15 heavy (non-hydrogen) atoms. The highest BCUT2D eigenvalue weighted by Crippen LogP contribution is 2.28. The zero-order chi connectivity index (χ0) is 10.7. The molecule has 2 rings (SSSR count). The van der Waals surface area contributed by atoms with Gasteiger partial charge in [0.15, 0.2) is 0 Å². The van der Waals surface area contributed by atoms with Gasteiger partial charge in [0.2, 0.25) is 5.91 Å². The fourth-order valence-electron chi connectivity index (χ4n) is 1.87. The first-order valence-corrected chi connectivity index (χ1v) is 5.47. The minimum Gasteiger partial charge on any atom is -0.385 e. The van der Waals surface area contributed by atoms with Crippen molar-refractivity contribution in [1.82, 2.24) is 0 Å². The number of rotatable bonds is 2. The van der Waals surface area contributed by atoms with E-state index in [1.54, 1.807) is 0 Å². The molecule has 2 N–H and O–H groups in total. The Morgan fingerprint density at radius 2 is 2.40 bits per heavy atom. The lowest BCUT2D eigenvalue weighted by Gasteiger charge is -2.21.